The summed E-state index contributed by atoms with van der Waals surface area (Å²) in [4.78, 5) is 2.46. The van der Waals surface area contributed by atoms with E-state index in [1.54, 1.807) is 0 Å². The van der Waals surface area contributed by atoms with Gasteiger partial charge in [0, 0.05) is 16.5 Å². The number of nitrogens with zero attached hydrogens (tertiary/aromatic N) is 1. The average molecular weight is 764 g/mol. The summed E-state index contributed by atoms with van der Waals surface area (Å²) in [6.45, 7) is 0. The maximum absolute atomic E-state index is 6.53. The zero-order chi connectivity index (χ0) is 39.6. The molecule has 0 bridgehead atoms. The lowest BCUT2D eigenvalue weighted by molar-refractivity contribution is 0.669. The number of benzene rings is 11. The lowest BCUT2D eigenvalue weighted by Gasteiger charge is -2.30. The van der Waals surface area contributed by atoms with Crippen molar-refractivity contribution in [1.29, 1.82) is 0 Å². The first-order chi connectivity index (χ1) is 29.8. The maximum Gasteiger partial charge on any atom is 0.137 e. The van der Waals surface area contributed by atoms with E-state index in [-0.39, 0.29) is 0 Å². The molecule has 0 spiro atoms. The molecule has 0 fully saturated rings. The molecule has 1 heterocycles. The zero-order valence-electron chi connectivity index (χ0n) is 32.7. The molecule has 0 radical (unpaired) electrons. The van der Waals surface area contributed by atoms with E-state index < -0.39 is 0 Å². The molecule has 280 valence electrons. The molecule has 0 aliphatic rings. The van der Waals surface area contributed by atoms with E-state index >= 15 is 0 Å². The van der Waals surface area contributed by atoms with Crippen molar-refractivity contribution in [3.63, 3.8) is 0 Å². The van der Waals surface area contributed by atoms with E-state index in [4.69, 9.17) is 4.42 Å². The van der Waals surface area contributed by atoms with Gasteiger partial charge in [0.2, 0.25) is 0 Å². The number of rotatable bonds is 6. The molecule has 2 heteroatoms. The van der Waals surface area contributed by atoms with E-state index in [0.717, 1.165) is 55.7 Å². The van der Waals surface area contributed by atoms with Gasteiger partial charge < -0.3 is 9.32 Å². The zero-order valence-corrected chi connectivity index (χ0v) is 32.7. The van der Waals surface area contributed by atoms with Crippen LogP contribution >= 0.6 is 0 Å². The number of hydrogen-bond acceptors (Lipinski definition) is 2. The second kappa shape index (κ2) is 13.9. The topological polar surface area (TPSA) is 16.4 Å². The minimum atomic E-state index is 0.859. The van der Waals surface area contributed by atoms with Crippen LogP contribution in [0.5, 0.6) is 0 Å². The van der Waals surface area contributed by atoms with E-state index in [1.807, 2.05) is 6.07 Å². The Bertz CT molecular complexity index is 3610. The molecule has 12 aromatic rings. The highest BCUT2D eigenvalue weighted by Crippen LogP contribution is 2.49. The van der Waals surface area contributed by atoms with Gasteiger partial charge in [-0.3, -0.25) is 0 Å². The van der Waals surface area contributed by atoms with Crippen LogP contribution in [0.2, 0.25) is 0 Å². The Hall–Kier alpha value is -7.94. The minimum absolute atomic E-state index is 0.859. The Morgan fingerprint density at radius 1 is 0.250 bits per heavy atom. The lowest BCUT2D eigenvalue weighted by atomic mass is 9.92. The van der Waals surface area contributed by atoms with Gasteiger partial charge in [-0.05, 0) is 95.7 Å². The van der Waals surface area contributed by atoms with Gasteiger partial charge in [0.25, 0.3) is 0 Å². The highest BCUT2D eigenvalue weighted by molar-refractivity contribution is 6.17. The van der Waals surface area contributed by atoms with Gasteiger partial charge in [-0.15, -0.1) is 0 Å². The Balaban J connectivity index is 1.07. The highest BCUT2D eigenvalue weighted by atomic mass is 16.3. The number of furan rings is 1. The molecule has 0 unspecified atom stereocenters. The quantitative estimate of drug-likeness (QED) is 0.157. The van der Waals surface area contributed by atoms with Crippen molar-refractivity contribution in [2.75, 3.05) is 4.90 Å². The molecule has 0 atom stereocenters. The van der Waals surface area contributed by atoms with Crippen molar-refractivity contribution >= 4 is 82.1 Å². The molecule has 12 rings (SSSR count). The molecule has 0 saturated heterocycles. The summed E-state index contributed by atoms with van der Waals surface area (Å²) >= 11 is 0. The molecule has 0 aliphatic carbocycles. The summed E-state index contributed by atoms with van der Waals surface area (Å²) < 4.78 is 6.53. The number of hydrogen-bond donors (Lipinski definition) is 0. The van der Waals surface area contributed by atoms with Gasteiger partial charge in [0.15, 0.2) is 0 Å². The first kappa shape index (κ1) is 34.1. The summed E-state index contributed by atoms with van der Waals surface area (Å²) in [6, 6.07) is 81.3. The van der Waals surface area contributed by atoms with E-state index in [2.05, 4.69) is 223 Å². The van der Waals surface area contributed by atoms with Crippen LogP contribution in [-0.2, 0) is 0 Å². The Morgan fingerprint density at radius 2 is 0.700 bits per heavy atom. The number of fused-ring (bicyclic) bond motifs is 9. The monoisotopic (exact) mass is 763 g/mol. The smallest absolute Gasteiger partial charge is 0.137 e. The summed E-state index contributed by atoms with van der Waals surface area (Å²) in [5, 5.41) is 12.2. The molecule has 60 heavy (non-hydrogen) atoms. The van der Waals surface area contributed by atoms with Crippen molar-refractivity contribution < 1.29 is 4.42 Å². The third kappa shape index (κ3) is 5.42. The second-order valence-electron chi connectivity index (χ2n) is 15.6. The van der Waals surface area contributed by atoms with Crippen LogP contribution in [0.1, 0.15) is 0 Å². The van der Waals surface area contributed by atoms with Crippen LogP contribution in [0.25, 0.3) is 98.4 Å². The highest BCUT2D eigenvalue weighted by Gasteiger charge is 2.24. The van der Waals surface area contributed by atoms with Gasteiger partial charge >= 0.3 is 0 Å². The first-order valence-corrected chi connectivity index (χ1v) is 20.6. The molecule has 0 saturated carbocycles. The fraction of sp³-hybridized carbons (Fsp3) is 0. The van der Waals surface area contributed by atoms with E-state index in [9.17, 15) is 0 Å². The van der Waals surface area contributed by atoms with Gasteiger partial charge in [0.1, 0.15) is 11.2 Å². The molecule has 0 amide bonds. The number of anilines is 3. The van der Waals surface area contributed by atoms with Crippen molar-refractivity contribution in [1.82, 2.24) is 0 Å². The minimum Gasteiger partial charge on any atom is -0.456 e. The van der Waals surface area contributed by atoms with Crippen LogP contribution in [0.4, 0.5) is 17.1 Å². The molecule has 1 aromatic heterocycles. The fourth-order valence-corrected chi connectivity index (χ4v) is 9.54. The van der Waals surface area contributed by atoms with Crippen LogP contribution in [0.3, 0.4) is 0 Å². The van der Waals surface area contributed by atoms with Crippen LogP contribution in [0.15, 0.2) is 229 Å². The Labute approximate surface area is 347 Å². The largest absolute Gasteiger partial charge is 0.456 e. The standard InChI is InChI=1S/C58H37NO/c1-3-16-42-38(14-1)34-36-49-44(21-11-22-46(42)49)40-30-32-41(33-31-40)45-18-5-8-25-53(45)59(55-27-13-29-57-58(55)52-20-7-10-28-56(52)60-57)54-26-9-6-19-51(54)48-24-12-23-47-43-17-4-2-15-39(43)35-37-50(47)48/h1-37H. The van der Waals surface area contributed by atoms with E-state index in [0.29, 0.717) is 0 Å². The Morgan fingerprint density at radius 3 is 1.40 bits per heavy atom. The van der Waals surface area contributed by atoms with Gasteiger partial charge in [-0.2, -0.15) is 0 Å². The summed E-state index contributed by atoms with van der Waals surface area (Å²) in [6.07, 6.45) is 0. The van der Waals surface area contributed by atoms with Crippen LogP contribution in [-0.4, -0.2) is 0 Å². The fourth-order valence-electron chi connectivity index (χ4n) is 9.54. The lowest BCUT2D eigenvalue weighted by Crippen LogP contribution is -2.13. The number of para-hydroxylation sites is 3. The predicted octanol–water partition coefficient (Wildman–Crippen LogP) is 16.7. The van der Waals surface area contributed by atoms with Crippen molar-refractivity contribution in [3.8, 4) is 33.4 Å². The van der Waals surface area contributed by atoms with Gasteiger partial charge in [0.05, 0.1) is 22.4 Å². The third-order valence-corrected chi connectivity index (χ3v) is 12.3. The average Bonchev–Trinajstić information content (AvgIpc) is 3.71. The molecular formula is C58H37NO. The molecule has 2 nitrogen and oxygen atoms in total. The van der Waals surface area contributed by atoms with Gasteiger partial charge in [-0.1, -0.05) is 194 Å². The van der Waals surface area contributed by atoms with Crippen molar-refractivity contribution in [2.45, 2.75) is 0 Å². The first-order valence-electron chi connectivity index (χ1n) is 20.6. The van der Waals surface area contributed by atoms with Crippen LogP contribution < -0.4 is 4.90 Å². The molecule has 11 aromatic carbocycles. The van der Waals surface area contributed by atoms with Crippen LogP contribution in [0, 0.1) is 0 Å². The molecule has 0 N–H and O–H groups in total. The molecular weight excluding hydrogens is 727 g/mol. The molecule has 0 aliphatic heterocycles. The SMILES string of the molecule is c1ccc(N(c2ccccc2-c2cccc3c2ccc2ccccc23)c2cccc3oc4ccccc4c23)c(-c2ccc(-c3cccc4c3ccc3ccccc34)cc2)c1. The summed E-state index contributed by atoms with van der Waals surface area (Å²) in [5.74, 6) is 0. The van der Waals surface area contributed by atoms with E-state index in [1.165, 1.54) is 59.8 Å². The van der Waals surface area contributed by atoms with Crippen molar-refractivity contribution in [3.05, 3.63) is 224 Å². The predicted molar refractivity (Wildman–Crippen MR) is 255 cm³/mol. The summed E-state index contributed by atoms with van der Waals surface area (Å²) in [7, 11) is 0. The Kier molecular flexibility index (Phi) is 7.89. The second-order valence-corrected chi connectivity index (χ2v) is 15.6. The van der Waals surface area contributed by atoms with Gasteiger partial charge in [-0.25, -0.2) is 0 Å². The third-order valence-electron chi connectivity index (χ3n) is 12.3. The maximum atomic E-state index is 6.53. The summed E-state index contributed by atoms with van der Waals surface area (Å²) in [5.41, 5.74) is 12.0. The van der Waals surface area contributed by atoms with Crippen molar-refractivity contribution in [2.24, 2.45) is 0 Å². The normalized spacial score (nSPS) is 11.7.